The van der Waals surface area contributed by atoms with Gasteiger partial charge >= 0.3 is 6.09 Å². The van der Waals surface area contributed by atoms with Crippen molar-refractivity contribution in [2.45, 2.75) is 26.4 Å². The molecule has 0 saturated heterocycles. The molecule has 0 atom stereocenters. The number of anilines is 2. The Kier molecular flexibility index (Phi) is 7.47. The maximum atomic E-state index is 13.1. The van der Waals surface area contributed by atoms with Gasteiger partial charge in [-0.05, 0) is 69.3 Å². The molecule has 0 fully saturated rings. The normalized spacial score (nSPS) is 11.0. The zero-order valence-electron chi connectivity index (χ0n) is 20.0. The van der Waals surface area contributed by atoms with Gasteiger partial charge in [-0.3, -0.25) is 0 Å². The van der Waals surface area contributed by atoms with E-state index in [1.807, 2.05) is 106 Å². The second-order valence-electron chi connectivity index (χ2n) is 9.00. The molecule has 176 valence electrons. The number of hydrogen-bond acceptors (Lipinski definition) is 3. The van der Waals surface area contributed by atoms with E-state index in [4.69, 9.17) is 9.73 Å². The largest absolute Gasteiger partial charge is 0.443 e. The van der Waals surface area contributed by atoms with E-state index in [0.717, 1.165) is 27.0 Å². The number of hydrogen-bond donors (Lipinski definition) is 0. The molecule has 0 aromatic heterocycles. The van der Waals surface area contributed by atoms with Gasteiger partial charge in [0.15, 0.2) is 0 Å². The van der Waals surface area contributed by atoms with E-state index in [0.29, 0.717) is 11.4 Å². The molecule has 4 nitrogen and oxygen atoms in total. The maximum absolute atomic E-state index is 13.1. The molecule has 0 aliphatic heterocycles. The predicted octanol–water partition coefficient (Wildman–Crippen LogP) is 8.69. The van der Waals surface area contributed by atoms with Crippen LogP contribution in [-0.2, 0) is 4.74 Å². The minimum absolute atomic E-state index is 0.440. The summed E-state index contributed by atoms with van der Waals surface area (Å²) in [7, 11) is 0. The lowest BCUT2D eigenvalue weighted by Gasteiger charge is -2.27. The topological polar surface area (TPSA) is 41.9 Å². The second-order valence-corrected chi connectivity index (χ2v) is 9.92. The van der Waals surface area contributed by atoms with Gasteiger partial charge in [0.2, 0.25) is 0 Å². The first kappa shape index (κ1) is 24.4. The summed E-state index contributed by atoms with van der Waals surface area (Å²) in [4.78, 5) is 19.7. The zero-order chi connectivity index (χ0) is 24.8. The molecule has 4 aromatic rings. The standard InChI is InChI=1S/C30H27BrN2O2/c1-30(2,3)35-29(34)33(26-18-14-24(31)15-19-26)27-20-16-25(17-21-27)32-28(22-10-6-4-7-11-22)23-12-8-5-9-13-23/h4-21H,1-3H3. The van der Waals surface area contributed by atoms with Crippen LogP contribution in [0.1, 0.15) is 31.9 Å². The Labute approximate surface area is 215 Å². The first-order chi connectivity index (χ1) is 16.8. The van der Waals surface area contributed by atoms with Crippen LogP contribution >= 0.6 is 15.9 Å². The van der Waals surface area contributed by atoms with Gasteiger partial charge in [0.1, 0.15) is 5.60 Å². The Morgan fingerprint density at radius 2 is 1.17 bits per heavy atom. The Morgan fingerprint density at radius 3 is 1.63 bits per heavy atom. The SMILES string of the molecule is CC(C)(C)OC(=O)N(c1ccc(Br)cc1)c1ccc(N=C(c2ccccc2)c2ccccc2)cc1. The van der Waals surface area contributed by atoms with Crippen molar-refractivity contribution in [1.82, 2.24) is 0 Å². The lowest BCUT2D eigenvalue weighted by Crippen LogP contribution is -2.33. The number of aliphatic imine (C=N–C) groups is 1. The maximum Gasteiger partial charge on any atom is 0.419 e. The van der Waals surface area contributed by atoms with Gasteiger partial charge in [-0.25, -0.2) is 14.7 Å². The molecule has 4 rings (SSSR count). The monoisotopic (exact) mass is 526 g/mol. The number of halogens is 1. The van der Waals surface area contributed by atoms with Gasteiger partial charge in [-0.15, -0.1) is 0 Å². The molecule has 0 unspecified atom stereocenters. The number of nitrogens with zero attached hydrogens (tertiary/aromatic N) is 2. The van der Waals surface area contributed by atoms with E-state index in [9.17, 15) is 4.79 Å². The first-order valence-electron chi connectivity index (χ1n) is 11.4. The van der Waals surface area contributed by atoms with Crippen molar-refractivity contribution in [1.29, 1.82) is 0 Å². The van der Waals surface area contributed by atoms with Crippen LogP contribution in [0.3, 0.4) is 0 Å². The molecule has 0 bridgehead atoms. The Hall–Kier alpha value is -3.70. The second kappa shape index (κ2) is 10.7. The smallest absolute Gasteiger partial charge is 0.419 e. The van der Waals surface area contributed by atoms with Crippen molar-refractivity contribution in [3.8, 4) is 0 Å². The lowest BCUT2D eigenvalue weighted by molar-refractivity contribution is 0.0599. The van der Waals surface area contributed by atoms with Crippen LogP contribution in [0.5, 0.6) is 0 Å². The molecular weight excluding hydrogens is 500 g/mol. The fourth-order valence-electron chi connectivity index (χ4n) is 3.55. The molecule has 35 heavy (non-hydrogen) atoms. The molecule has 0 N–H and O–H groups in total. The highest BCUT2D eigenvalue weighted by molar-refractivity contribution is 9.10. The van der Waals surface area contributed by atoms with Crippen LogP contribution in [0.2, 0.25) is 0 Å². The van der Waals surface area contributed by atoms with E-state index in [-0.39, 0.29) is 0 Å². The number of ether oxygens (including phenoxy) is 1. The van der Waals surface area contributed by atoms with Crippen LogP contribution in [-0.4, -0.2) is 17.4 Å². The third kappa shape index (κ3) is 6.46. The molecular formula is C30H27BrN2O2. The van der Waals surface area contributed by atoms with Gasteiger partial charge in [-0.2, -0.15) is 0 Å². The van der Waals surface area contributed by atoms with Gasteiger partial charge in [0.25, 0.3) is 0 Å². The Balaban J connectivity index is 1.72. The molecule has 5 heteroatoms. The van der Waals surface area contributed by atoms with Gasteiger partial charge in [0, 0.05) is 15.6 Å². The van der Waals surface area contributed by atoms with Crippen molar-refractivity contribution < 1.29 is 9.53 Å². The van der Waals surface area contributed by atoms with Crippen LogP contribution in [0.15, 0.2) is 119 Å². The summed E-state index contributed by atoms with van der Waals surface area (Å²) in [5.41, 5.74) is 4.54. The molecule has 0 saturated carbocycles. The predicted molar refractivity (Wildman–Crippen MR) is 147 cm³/mol. The molecule has 0 radical (unpaired) electrons. The highest BCUT2D eigenvalue weighted by atomic mass is 79.9. The van der Waals surface area contributed by atoms with Gasteiger partial charge in [0.05, 0.1) is 22.8 Å². The third-order valence-electron chi connectivity index (χ3n) is 5.10. The molecule has 0 heterocycles. The van der Waals surface area contributed by atoms with Crippen LogP contribution < -0.4 is 4.90 Å². The Bertz CT molecular complexity index is 1250. The van der Waals surface area contributed by atoms with Crippen molar-refractivity contribution >= 4 is 44.8 Å². The van der Waals surface area contributed by atoms with Gasteiger partial charge < -0.3 is 4.74 Å². The van der Waals surface area contributed by atoms with E-state index < -0.39 is 11.7 Å². The van der Waals surface area contributed by atoms with Crippen molar-refractivity contribution in [2.75, 3.05) is 4.90 Å². The summed E-state index contributed by atoms with van der Waals surface area (Å²) in [6.45, 7) is 5.57. The van der Waals surface area contributed by atoms with E-state index in [1.165, 1.54) is 0 Å². The molecule has 0 spiro atoms. The molecule has 1 amide bonds. The number of carbonyl (C=O) groups excluding carboxylic acids is 1. The molecule has 0 aliphatic rings. The lowest BCUT2D eigenvalue weighted by atomic mass is 10.0. The summed E-state index contributed by atoms with van der Waals surface area (Å²) in [6.07, 6.45) is -0.440. The average molecular weight is 527 g/mol. The number of rotatable bonds is 5. The fraction of sp³-hybridized carbons (Fsp3) is 0.133. The van der Waals surface area contributed by atoms with Crippen LogP contribution in [0, 0.1) is 0 Å². The summed E-state index contributed by atoms with van der Waals surface area (Å²) in [6, 6.07) is 35.4. The third-order valence-corrected chi connectivity index (χ3v) is 5.63. The fourth-order valence-corrected chi connectivity index (χ4v) is 3.82. The highest BCUT2D eigenvalue weighted by Gasteiger charge is 2.25. The number of benzene rings is 4. The first-order valence-corrected chi connectivity index (χ1v) is 12.2. The average Bonchev–Trinajstić information content (AvgIpc) is 2.85. The number of carbonyl (C=O) groups is 1. The van der Waals surface area contributed by atoms with E-state index >= 15 is 0 Å². The summed E-state index contributed by atoms with van der Waals surface area (Å²) in [5.74, 6) is 0. The quantitative estimate of drug-likeness (QED) is 0.244. The van der Waals surface area contributed by atoms with E-state index in [2.05, 4.69) is 40.2 Å². The Morgan fingerprint density at radius 1 is 0.714 bits per heavy atom. The van der Waals surface area contributed by atoms with Crippen molar-refractivity contribution in [3.05, 3.63) is 125 Å². The van der Waals surface area contributed by atoms with E-state index in [1.54, 1.807) is 4.90 Å². The van der Waals surface area contributed by atoms with Gasteiger partial charge in [-0.1, -0.05) is 76.6 Å². The minimum Gasteiger partial charge on any atom is -0.443 e. The van der Waals surface area contributed by atoms with Crippen LogP contribution in [0.4, 0.5) is 21.9 Å². The summed E-state index contributed by atoms with van der Waals surface area (Å²) < 4.78 is 6.63. The van der Waals surface area contributed by atoms with Crippen LogP contribution in [0.25, 0.3) is 0 Å². The summed E-state index contributed by atoms with van der Waals surface area (Å²) in [5, 5.41) is 0. The molecule has 0 aliphatic carbocycles. The number of amides is 1. The van der Waals surface area contributed by atoms with Crippen molar-refractivity contribution in [2.24, 2.45) is 4.99 Å². The zero-order valence-corrected chi connectivity index (χ0v) is 21.6. The summed E-state index contributed by atoms with van der Waals surface area (Å²) >= 11 is 3.46. The highest BCUT2D eigenvalue weighted by Crippen LogP contribution is 2.31. The minimum atomic E-state index is -0.616. The van der Waals surface area contributed by atoms with Crippen molar-refractivity contribution in [3.63, 3.8) is 0 Å². The molecule has 4 aromatic carbocycles.